The molecule has 0 aliphatic carbocycles. The molecule has 0 unspecified atom stereocenters. The van der Waals surface area contributed by atoms with Crippen LogP contribution in [-0.2, 0) is 6.42 Å². The number of nitrogens with zero attached hydrogens (tertiary/aromatic N) is 1. The number of rotatable bonds is 5. The molecule has 0 fully saturated rings. The van der Waals surface area contributed by atoms with Crippen LogP contribution < -0.4 is 5.32 Å². The van der Waals surface area contributed by atoms with Gasteiger partial charge in [0.2, 0.25) is 0 Å². The number of benzene rings is 1. The molecule has 0 spiro atoms. The van der Waals surface area contributed by atoms with Crippen molar-refractivity contribution in [2.75, 3.05) is 13.1 Å². The molecule has 1 N–H and O–H groups in total. The highest BCUT2D eigenvalue weighted by Gasteiger charge is 2.09. The van der Waals surface area contributed by atoms with E-state index in [0.29, 0.717) is 0 Å². The SMILES string of the molecule is CCNCCc1nc(-c2ccc(C)cc2)c(C)s1. The van der Waals surface area contributed by atoms with Gasteiger partial charge in [-0.15, -0.1) is 11.3 Å². The van der Waals surface area contributed by atoms with Gasteiger partial charge in [0.15, 0.2) is 0 Å². The standard InChI is InChI=1S/C15H20N2S/c1-4-16-10-9-14-17-15(12(3)18-14)13-7-5-11(2)6-8-13/h5-8,16H,4,9-10H2,1-3H3. The quantitative estimate of drug-likeness (QED) is 0.831. The lowest BCUT2D eigenvalue weighted by Gasteiger charge is -1.99. The summed E-state index contributed by atoms with van der Waals surface area (Å²) in [6.07, 6.45) is 1.02. The molecule has 1 aromatic carbocycles. The normalized spacial score (nSPS) is 10.8. The topological polar surface area (TPSA) is 24.9 Å². The van der Waals surface area contributed by atoms with Gasteiger partial charge in [-0.2, -0.15) is 0 Å². The van der Waals surface area contributed by atoms with Crippen LogP contribution in [0.25, 0.3) is 11.3 Å². The van der Waals surface area contributed by atoms with Gasteiger partial charge in [-0.05, 0) is 20.4 Å². The van der Waals surface area contributed by atoms with E-state index in [1.54, 1.807) is 0 Å². The summed E-state index contributed by atoms with van der Waals surface area (Å²) < 4.78 is 0. The average Bonchev–Trinajstić information content (AvgIpc) is 2.72. The Kier molecular flexibility index (Phi) is 4.50. The second-order valence-electron chi connectivity index (χ2n) is 4.48. The van der Waals surface area contributed by atoms with Crippen LogP contribution in [0.1, 0.15) is 22.4 Å². The van der Waals surface area contributed by atoms with Gasteiger partial charge in [0.05, 0.1) is 10.7 Å². The zero-order chi connectivity index (χ0) is 13.0. The molecule has 0 bridgehead atoms. The Labute approximate surface area is 113 Å². The summed E-state index contributed by atoms with van der Waals surface area (Å²) in [6.45, 7) is 8.43. The fourth-order valence-electron chi connectivity index (χ4n) is 1.91. The largest absolute Gasteiger partial charge is 0.317 e. The Morgan fingerprint density at radius 3 is 2.56 bits per heavy atom. The van der Waals surface area contributed by atoms with Crippen LogP contribution in [0.15, 0.2) is 24.3 Å². The summed E-state index contributed by atoms with van der Waals surface area (Å²) in [4.78, 5) is 6.07. The summed E-state index contributed by atoms with van der Waals surface area (Å²) in [5.41, 5.74) is 3.66. The van der Waals surface area contributed by atoms with E-state index in [2.05, 4.69) is 50.4 Å². The van der Waals surface area contributed by atoms with Crippen LogP contribution in [0.4, 0.5) is 0 Å². The lowest BCUT2D eigenvalue weighted by atomic mass is 10.1. The molecule has 0 atom stereocenters. The predicted molar refractivity (Wildman–Crippen MR) is 79.3 cm³/mol. The van der Waals surface area contributed by atoms with Gasteiger partial charge in [-0.3, -0.25) is 0 Å². The average molecular weight is 260 g/mol. The minimum atomic E-state index is 1.01. The zero-order valence-corrected chi connectivity index (χ0v) is 12.1. The first kappa shape index (κ1) is 13.2. The summed E-state index contributed by atoms with van der Waals surface area (Å²) in [6, 6.07) is 8.61. The van der Waals surface area contributed by atoms with E-state index in [0.717, 1.165) is 25.2 Å². The third kappa shape index (κ3) is 3.18. The number of thiazole rings is 1. The van der Waals surface area contributed by atoms with Crippen molar-refractivity contribution >= 4 is 11.3 Å². The van der Waals surface area contributed by atoms with Crippen molar-refractivity contribution < 1.29 is 0 Å². The molecule has 2 aromatic rings. The van der Waals surface area contributed by atoms with E-state index in [1.165, 1.54) is 21.0 Å². The van der Waals surface area contributed by atoms with Crippen LogP contribution >= 0.6 is 11.3 Å². The van der Waals surface area contributed by atoms with Crippen molar-refractivity contribution in [1.29, 1.82) is 0 Å². The number of nitrogens with one attached hydrogen (secondary N) is 1. The van der Waals surface area contributed by atoms with Gasteiger partial charge in [-0.25, -0.2) is 4.98 Å². The first-order valence-corrected chi connectivity index (χ1v) is 7.26. The highest BCUT2D eigenvalue weighted by atomic mass is 32.1. The molecule has 0 radical (unpaired) electrons. The maximum absolute atomic E-state index is 4.76. The zero-order valence-electron chi connectivity index (χ0n) is 11.3. The fourth-order valence-corrected chi connectivity index (χ4v) is 2.86. The number of aryl methyl sites for hydroxylation is 2. The van der Waals surface area contributed by atoms with Crippen molar-refractivity contribution in [3.05, 3.63) is 39.7 Å². The fraction of sp³-hybridized carbons (Fsp3) is 0.400. The number of hydrogen-bond donors (Lipinski definition) is 1. The van der Waals surface area contributed by atoms with Gasteiger partial charge in [0.25, 0.3) is 0 Å². The molecule has 0 saturated heterocycles. The molecule has 2 nitrogen and oxygen atoms in total. The Balaban J connectivity index is 2.16. The molecule has 1 aromatic heterocycles. The smallest absolute Gasteiger partial charge is 0.0948 e. The molecule has 3 heteroatoms. The van der Waals surface area contributed by atoms with Crippen LogP contribution in [0.3, 0.4) is 0 Å². The van der Waals surface area contributed by atoms with E-state index < -0.39 is 0 Å². The minimum absolute atomic E-state index is 1.01. The molecule has 1 heterocycles. The molecule has 0 amide bonds. The van der Waals surface area contributed by atoms with Gasteiger partial charge in [-0.1, -0.05) is 36.8 Å². The lowest BCUT2D eigenvalue weighted by molar-refractivity contribution is 0.714. The molecule has 0 aliphatic rings. The van der Waals surface area contributed by atoms with E-state index >= 15 is 0 Å². The molecule has 0 saturated carbocycles. The first-order valence-electron chi connectivity index (χ1n) is 6.44. The Morgan fingerprint density at radius 1 is 1.17 bits per heavy atom. The third-order valence-electron chi connectivity index (χ3n) is 2.93. The first-order chi connectivity index (χ1) is 8.70. The van der Waals surface area contributed by atoms with Crippen molar-refractivity contribution in [2.45, 2.75) is 27.2 Å². The van der Waals surface area contributed by atoms with Crippen LogP contribution in [0, 0.1) is 13.8 Å². The highest BCUT2D eigenvalue weighted by molar-refractivity contribution is 7.12. The van der Waals surface area contributed by atoms with Gasteiger partial charge < -0.3 is 5.32 Å². The van der Waals surface area contributed by atoms with Crippen LogP contribution in [0.5, 0.6) is 0 Å². The van der Waals surface area contributed by atoms with Crippen molar-refractivity contribution in [1.82, 2.24) is 10.3 Å². The van der Waals surface area contributed by atoms with Crippen molar-refractivity contribution in [3.63, 3.8) is 0 Å². The Hall–Kier alpha value is -1.19. The van der Waals surface area contributed by atoms with E-state index in [-0.39, 0.29) is 0 Å². The third-order valence-corrected chi connectivity index (χ3v) is 3.96. The Bertz CT molecular complexity index is 500. The maximum Gasteiger partial charge on any atom is 0.0948 e. The van der Waals surface area contributed by atoms with Crippen molar-refractivity contribution in [3.8, 4) is 11.3 Å². The van der Waals surface area contributed by atoms with Gasteiger partial charge in [0, 0.05) is 23.4 Å². The summed E-state index contributed by atoms with van der Waals surface area (Å²) in [7, 11) is 0. The number of likely N-dealkylation sites (N-methyl/N-ethyl adjacent to an activating group) is 1. The number of aromatic nitrogens is 1. The second kappa shape index (κ2) is 6.12. The molecular formula is C15H20N2S. The van der Waals surface area contributed by atoms with Crippen LogP contribution in [-0.4, -0.2) is 18.1 Å². The van der Waals surface area contributed by atoms with E-state index in [1.807, 2.05) is 11.3 Å². The predicted octanol–water partition coefficient (Wildman–Crippen LogP) is 3.58. The number of hydrogen-bond acceptors (Lipinski definition) is 3. The van der Waals surface area contributed by atoms with Crippen LogP contribution in [0.2, 0.25) is 0 Å². The molecule has 2 rings (SSSR count). The lowest BCUT2D eigenvalue weighted by Crippen LogP contribution is -2.15. The van der Waals surface area contributed by atoms with Gasteiger partial charge in [0.1, 0.15) is 0 Å². The Morgan fingerprint density at radius 2 is 1.89 bits per heavy atom. The van der Waals surface area contributed by atoms with E-state index in [9.17, 15) is 0 Å². The molecule has 0 aliphatic heterocycles. The van der Waals surface area contributed by atoms with Gasteiger partial charge >= 0.3 is 0 Å². The second-order valence-corrected chi connectivity index (χ2v) is 5.77. The maximum atomic E-state index is 4.76. The summed E-state index contributed by atoms with van der Waals surface area (Å²) in [5, 5.41) is 4.57. The minimum Gasteiger partial charge on any atom is -0.317 e. The van der Waals surface area contributed by atoms with E-state index in [4.69, 9.17) is 4.98 Å². The monoisotopic (exact) mass is 260 g/mol. The molecule has 96 valence electrons. The van der Waals surface area contributed by atoms with Crippen molar-refractivity contribution in [2.24, 2.45) is 0 Å². The molecule has 18 heavy (non-hydrogen) atoms. The highest BCUT2D eigenvalue weighted by Crippen LogP contribution is 2.27. The molecular weight excluding hydrogens is 240 g/mol. The summed E-state index contributed by atoms with van der Waals surface area (Å²) in [5.74, 6) is 0. The summed E-state index contributed by atoms with van der Waals surface area (Å²) >= 11 is 1.81.